The van der Waals surface area contributed by atoms with Gasteiger partial charge in [-0.2, -0.15) is 4.37 Å². The van der Waals surface area contributed by atoms with Gasteiger partial charge in [0.2, 0.25) is 11.0 Å². The van der Waals surface area contributed by atoms with E-state index in [9.17, 15) is 4.79 Å². The quantitative estimate of drug-likeness (QED) is 0.831. The number of nitrogens with one attached hydrogen (secondary N) is 1. The Morgan fingerprint density at radius 2 is 2.22 bits per heavy atom. The Bertz CT molecular complexity index is 402. The van der Waals surface area contributed by atoms with Crippen LogP contribution in [0.3, 0.4) is 0 Å². The molecule has 1 aliphatic heterocycles. The number of aromatic nitrogens is 2. The van der Waals surface area contributed by atoms with E-state index in [1.54, 1.807) is 0 Å². The number of hydrogen-bond acceptors (Lipinski definition) is 6. The molecule has 18 heavy (non-hydrogen) atoms. The lowest BCUT2D eigenvalue weighted by molar-refractivity contribution is -0.130. The van der Waals surface area contributed by atoms with Crippen LogP contribution in [0.25, 0.3) is 0 Å². The summed E-state index contributed by atoms with van der Waals surface area (Å²) in [5.74, 6) is 1.00. The molecule has 1 aliphatic rings. The molecule has 0 aromatic carbocycles. The Morgan fingerprint density at radius 1 is 1.50 bits per heavy atom. The lowest BCUT2D eigenvalue weighted by atomic mass is 10.3. The zero-order valence-electron chi connectivity index (χ0n) is 10.8. The Labute approximate surface area is 111 Å². The van der Waals surface area contributed by atoms with E-state index in [2.05, 4.69) is 14.7 Å². The molecule has 0 saturated carbocycles. The smallest absolute Gasteiger partial charge is 0.242 e. The average molecular weight is 269 g/mol. The highest BCUT2D eigenvalue weighted by molar-refractivity contribution is 7.09. The molecule has 1 aromatic rings. The molecule has 1 amide bonds. The Balaban J connectivity index is 1.89. The number of rotatable bonds is 4. The van der Waals surface area contributed by atoms with Gasteiger partial charge < -0.3 is 15.1 Å². The van der Waals surface area contributed by atoms with Crippen molar-refractivity contribution in [2.45, 2.75) is 13.3 Å². The van der Waals surface area contributed by atoms with Gasteiger partial charge in [-0.25, -0.2) is 4.98 Å². The molecule has 6 nitrogen and oxygen atoms in total. The van der Waals surface area contributed by atoms with Crippen LogP contribution in [0.4, 0.5) is 5.13 Å². The zero-order valence-corrected chi connectivity index (χ0v) is 11.7. The number of likely N-dealkylation sites (N-methyl/N-ethyl adjacent to an activating group) is 1. The highest BCUT2D eigenvalue weighted by Crippen LogP contribution is 2.15. The van der Waals surface area contributed by atoms with Gasteiger partial charge in [-0.15, -0.1) is 0 Å². The van der Waals surface area contributed by atoms with E-state index in [1.165, 1.54) is 11.5 Å². The van der Waals surface area contributed by atoms with Crippen LogP contribution in [0.15, 0.2) is 0 Å². The van der Waals surface area contributed by atoms with Gasteiger partial charge in [0.1, 0.15) is 5.82 Å². The van der Waals surface area contributed by atoms with Crippen molar-refractivity contribution in [3.8, 4) is 0 Å². The van der Waals surface area contributed by atoms with Crippen molar-refractivity contribution >= 4 is 22.6 Å². The third kappa shape index (κ3) is 3.17. The third-order valence-corrected chi connectivity index (χ3v) is 3.81. The van der Waals surface area contributed by atoms with Crippen LogP contribution in [-0.2, 0) is 11.2 Å². The molecule has 0 unspecified atom stereocenters. The van der Waals surface area contributed by atoms with Crippen LogP contribution in [0.1, 0.15) is 12.7 Å². The fourth-order valence-electron chi connectivity index (χ4n) is 1.83. The summed E-state index contributed by atoms with van der Waals surface area (Å²) in [4.78, 5) is 20.2. The molecule has 0 spiro atoms. The largest absolute Gasteiger partial charge is 0.341 e. The first-order valence-corrected chi connectivity index (χ1v) is 7.00. The Hall–Kier alpha value is -1.21. The molecule has 1 saturated heterocycles. The van der Waals surface area contributed by atoms with E-state index >= 15 is 0 Å². The van der Waals surface area contributed by atoms with Crippen LogP contribution in [-0.4, -0.2) is 59.9 Å². The number of aryl methyl sites for hydroxylation is 1. The van der Waals surface area contributed by atoms with Crippen LogP contribution < -0.4 is 10.2 Å². The van der Waals surface area contributed by atoms with Gasteiger partial charge in [0.15, 0.2) is 0 Å². The van der Waals surface area contributed by atoms with E-state index in [-0.39, 0.29) is 5.91 Å². The monoisotopic (exact) mass is 269 g/mol. The van der Waals surface area contributed by atoms with Crippen molar-refractivity contribution in [1.29, 1.82) is 0 Å². The number of piperazine rings is 1. The molecule has 1 aromatic heterocycles. The molecule has 7 heteroatoms. The molecule has 2 rings (SSSR count). The maximum Gasteiger partial charge on any atom is 0.242 e. The molecular weight excluding hydrogens is 250 g/mol. The van der Waals surface area contributed by atoms with Crippen LogP contribution in [0.5, 0.6) is 0 Å². The number of anilines is 1. The summed E-state index contributed by atoms with van der Waals surface area (Å²) in [6.45, 7) is 5.75. The van der Waals surface area contributed by atoms with Crippen molar-refractivity contribution in [2.75, 3.05) is 44.7 Å². The molecule has 0 aliphatic carbocycles. The highest BCUT2D eigenvalue weighted by atomic mass is 32.1. The van der Waals surface area contributed by atoms with Crippen LogP contribution in [0.2, 0.25) is 0 Å². The maximum atomic E-state index is 12.1. The van der Waals surface area contributed by atoms with Gasteiger partial charge in [0.05, 0.1) is 6.54 Å². The predicted octanol–water partition coefficient (Wildman–Crippen LogP) is -0.0315. The summed E-state index contributed by atoms with van der Waals surface area (Å²) in [6.07, 6.45) is 0.829. The van der Waals surface area contributed by atoms with Crippen molar-refractivity contribution in [3.05, 3.63) is 5.82 Å². The van der Waals surface area contributed by atoms with Crippen molar-refractivity contribution in [2.24, 2.45) is 0 Å². The van der Waals surface area contributed by atoms with Gasteiger partial charge in [-0.1, -0.05) is 6.92 Å². The first-order chi connectivity index (χ1) is 8.70. The third-order valence-electron chi connectivity index (χ3n) is 2.94. The van der Waals surface area contributed by atoms with E-state index < -0.39 is 0 Å². The van der Waals surface area contributed by atoms with Crippen LogP contribution >= 0.6 is 11.5 Å². The second kappa shape index (κ2) is 6.10. The summed E-state index contributed by atoms with van der Waals surface area (Å²) in [5.41, 5.74) is 0. The number of carbonyl (C=O) groups excluding carboxylic acids is 1. The Morgan fingerprint density at radius 3 is 2.83 bits per heavy atom. The minimum atomic E-state index is 0.159. The second-order valence-electron chi connectivity index (χ2n) is 4.33. The summed E-state index contributed by atoms with van der Waals surface area (Å²) in [5, 5.41) is 4.05. The molecule has 1 N–H and O–H groups in total. The van der Waals surface area contributed by atoms with Gasteiger partial charge in [0.25, 0.3) is 0 Å². The number of amides is 1. The predicted molar refractivity (Wildman–Crippen MR) is 72.0 cm³/mol. The maximum absolute atomic E-state index is 12.1. The molecule has 1 fully saturated rings. The molecular formula is C11H19N5OS. The van der Waals surface area contributed by atoms with E-state index in [4.69, 9.17) is 0 Å². The summed E-state index contributed by atoms with van der Waals surface area (Å²) in [7, 11) is 1.89. The summed E-state index contributed by atoms with van der Waals surface area (Å²) < 4.78 is 4.23. The van der Waals surface area contributed by atoms with Gasteiger partial charge in [-0.3, -0.25) is 4.79 Å². The van der Waals surface area contributed by atoms with E-state index in [0.29, 0.717) is 6.54 Å². The average Bonchev–Trinajstić information content (AvgIpc) is 2.88. The SMILES string of the molecule is CCc1nsc(N(C)CC(=O)N2CCNCC2)n1. The highest BCUT2D eigenvalue weighted by Gasteiger charge is 2.19. The normalized spacial score (nSPS) is 15.8. The van der Waals surface area contributed by atoms with Crippen molar-refractivity contribution in [3.63, 3.8) is 0 Å². The molecule has 0 bridgehead atoms. The lowest BCUT2D eigenvalue weighted by Crippen LogP contribution is -2.49. The topological polar surface area (TPSA) is 61.4 Å². The number of nitrogens with zero attached hydrogens (tertiary/aromatic N) is 4. The fourth-order valence-corrected chi connectivity index (χ4v) is 2.54. The van der Waals surface area contributed by atoms with Gasteiger partial charge in [-0.05, 0) is 0 Å². The van der Waals surface area contributed by atoms with E-state index in [0.717, 1.165) is 43.6 Å². The first kappa shape index (κ1) is 13.2. The molecule has 2 heterocycles. The van der Waals surface area contributed by atoms with Crippen molar-refractivity contribution < 1.29 is 4.79 Å². The Kier molecular flexibility index (Phi) is 4.48. The van der Waals surface area contributed by atoms with Crippen molar-refractivity contribution in [1.82, 2.24) is 19.6 Å². The number of carbonyl (C=O) groups is 1. The lowest BCUT2D eigenvalue weighted by Gasteiger charge is -2.29. The zero-order chi connectivity index (χ0) is 13.0. The standard InChI is InChI=1S/C11H19N5OS/c1-3-9-13-11(18-14-9)15(2)8-10(17)16-6-4-12-5-7-16/h12H,3-8H2,1-2H3. The van der Waals surface area contributed by atoms with Gasteiger partial charge >= 0.3 is 0 Å². The second-order valence-corrected chi connectivity index (χ2v) is 5.06. The van der Waals surface area contributed by atoms with Gasteiger partial charge in [0, 0.05) is 51.2 Å². The first-order valence-electron chi connectivity index (χ1n) is 6.23. The summed E-state index contributed by atoms with van der Waals surface area (Å²) in [6, 6.07) is 0. The summed E-state index contributed by atoms with van der Waals surface area (Å²) >= 11 is 1.35. The minimum Gasteiger partial charge on any atom is -0.341 e. The molecule has 100 valence electrons. The number of hydrogen-bond donors (Lipinski definition) is 1. The van der Waals surface area contributed by atoms with E-state index in [1.807, 2.05) is 23.8 Å². The fraction of sp³-hybridized carbons (Fsp3) is 0.727. The molecule has 0 radical (unpaired) electrons. The minimum absolute atomic E-state index is 0.159. The molecule has 0 atom stereocenters. The van der Waals surface area contributed by atoms with Crippen LogP contribution in [0, 0.1) is 0 Å².